The summed E-state index contributed by atoms with van der Waals surface area (Å²) < 4.78 is 0. The van der Waals surface area contributed by atoms with E-state index in [-0.39, 0.29) is 0 Å². The van der Waals surface area contributed by atoms with Gasteiger partial charge in [-0.05, 0) is 84.4 Å². The summed E-state index contributed by atoms with van der Waals surface area (Å²) in [6, 6.07) is 38.9. The molecule has 6 rings (SSSR count). The maximum Gasteiger partial charge on any atom is 0.0710 e. The van der Waals surface area contributed by atoms with Crippen molar-refractivity contribution in [1.82, 2.24) is 4.98 Å². The number of pyridine rings is 1. The third-order valence-corrected chi connectivity index (χ3v) is 8.12. The highest BCUT2D eigenvalue weighted by Crippen LogP contribution is 2.39. The van der Waals surface area contributed by atoms with Gasteiger partial charge in [0, 0.05) is 47.2 Å². The molecule has 3 nitrogen and oxygen atoms in total. The van der Waals surface area contributed by atoms with Gasteiger partial charge in [-0.25, -0.2) is 0 Å². The van der Waals surface area contributed by atoms with E-state index in [2.05, 4.69) is 139 Å². The monoisotopic (exact) mass is 557 g/mol. The summed E-state index contributed by atoms with van der Waals surface area (Å²) in [5, 5.41) is 2.40. The predicted octanol–water partition coefficient (Wildman–Crippen LogP) is 10.1. The summed E-state index contributed by atoms with van der Waals surface area (Å²) in [4.78, 5) is 11.2. The first-order valence-corrected chi connectivity index (χ1v) is 14.7. The van der Waals surface area contributed by atoms with Crippen LogP contribution in [0.2, 0.25) is 0 Å². The van der Waals surface area contributed by atoms with Gasteiger partial charge in [0.25, 0.3) is 0 Å². The van der Waals surface area contributed by atoms with E-state index >= 15 is 0 Å². The summed E-state index contributed by atoms with van der Waals surface area (Å²) >= 11 is 0. The first-order chi connectivity index (χ1) is 21.1. The highest BCUT2D eigenvalue weighted by Gasteiger charge is 2.22. The molecule has 0 saturated carbocycles. The maximum absolute atomic E-state index is 4.74. The Kier molecular flexibility index (Phi) is 8.24. The number of benzene rings is 4. The fraction of sp³-hybridized carbons (Fsp3) is 0.100. The van der Waals surface area contributed by atoms with Crippen molar-refractivity contribution in [3.8, 4) is 11.3 Å². The van der Waals surface area contributed by atoms with Crippen molar-refractivity contribution in [2.75, 3.05) is 11.9 Å². The zero-order chi connectivity index (χ0) is 29.6. The Labute approximate surface area is 254 Å². The summed E-state index contributed by atoms with van der Waals surface area (Å²) in [5.41, 5.74) is 10.1. The lowest BCUT2D eigenvalue weighted by Crippen LogP contribution is -2.21. The number of fused-ring (bicyclic) bond motifs is 1. The molecule has 0 fully saturated rings. The molecule has 0 saturated heterocycles. The van der Waals surface area contributed by atoms with E-state index in [0.29, 0.717) is 5.92 Å². The molecule has 1 atom stereocenters. The minimum absolute atomic E-state index is 0.338. The summed E-state index contributed by atoms with van der Waals surface area (Å²) in [7, 11) is 2.18. The van der Waals surface area contributed by atoms with Gasteiger partial charge in [-0.3, -0.25) is 9.98 Å². The summed E-state index contributed by atoms with van der Waals surface area (Å²) in [5.74, 6) is 0.338. The van der Waals surface area contributed by atoms with Gasteiger partial charge >= 0.3 is 0 Å². The number of nitrogens with zero attached hydrogens (tertiary/aromatic N) is 3. The van der Waals surface area contributed by atoms with Gasteiger partial charge in [-0.15, -0.1) is 0 Å². The smallest absolute Gasteiger partial charge is 0.0710 e. The van der Waals surface area contributed by atoms with Crippen molar-refractivity contribution in [3.63, 3.8) is 0 Å². The number of para-hydroxylation sites is 1. The number of anilines is 1. The maximum atomic E-state index is 4.74. The first-order valence-electron chi connectivity index (χ1n) is 14.7. The molecule has 0 N–H and O–H groups in total. The normalized spacial score (nSPS) is 15.3. The molecule has 0 radical (unpaired) electrons. The van der Waals surface area contributed by atoms with Gasteiger partial charge in [-0.1, -0.05) is 97.1 Å². The molecule has 0 spiro atoms. The third-order valence-electron chi connectivity index (χ3n) is 8.12. The van der Waals surface area contributed by atoms with E-state index in [1.807, 2.05) is 37.4 Å². The van der Waals surface area contributed by atoms with E-state index in [1.54, 1.807) is 0 Å². The van der Waals surface area contributed by atoms with Crippen LogP contribution in [0.4, 0.5) is 5.69 Å². The number of allylic oxidation sites excluding steroid dienone is 7. The van der Waals surface area contributed by atoms with Gasteiger partial charge in [-0.2, -0.15) is 0 Å². The van der Waals surface area contributed by atoms with Gasteiger partial charge in [0.05, 0.1) is 11.4 Å². The quantitative estimate of drug-likeness (QED) is 0.140. The van der Waals surface area contributed by atoms with Crippen LogP contribution in [-0.4, -0.2) is 18.7 Å². The largest absolute Gasteiger partial charge is 0.348 e. The minimum atomic E-state index is 0.338. The molecule has 4 aromatic carbocycles. The molecule has 1 heterocycles. The zero-order valence-electron chi connectivity index (χ0n) is 24.7. The summed E-state index contributed by atoms with van der Waals surface area (Å²) in [6.07, 6.45) is 13.3. The van der Waals surface area contributed by atoms with Crippen LogP contribution in [-0.2, 0) is 0 Å². The zero-order valence-corrected chi connectivity index (χ0v) is 24.7. The second-order valence-corrected chi connectivity index (χ2v) is 10.8. The van der Waals surface area contributed by atoms with Crippen LogP contribution in [0.5, 0.6) is 0 Å². The second-order valence-electron chi connectivity index (χ2n) is 10.8. The molecule has 0 bridgehead atoms. The average Bonchev–Trinajstić information content (AvgIpc) is 3.08. The standard InChI is InChI=1S/C40H35N3/c1-4-5-16-38(41-2)35-22-24-39(42-28-35)34-20-18-30-25-33(19-17-31(30)26-34)37-23-21-32(29-12-8-6-9-13-29)27-40(37)43(3)36-14-10-7-11-15-36/h4-26,28,32H,2,27H2,1,3H3/b5-4-,38-16-. The van der Waals surface area contributed by atoms with Gasteiger partial charge in [0.15, 0.2) is 0 Å². The van der Waals surface area contributed by atoms with Crippen molar-refractivity contribution < 1.29 is 0 Å². The van der Waals surface area contributed by atoms with Crippen LogP contribution in [0.15, 0.2) is 156 Å². The van der Waals surface area contributed by atoms with Crippen molar-refractivity contribution >= 4 is 34.4 Å². The molecule has 1 aromatic heterocycles. The van der Waals surface area contributed by atoms with Crippen LogP contribution in [0.3, 0.4) is 0 Å². The number of hydrogen-bond acceptors (Lipinski definition) is 3. The lowest BCUT2D eigenvalue weighted by atomic mass is 9.85. The molecule has 0 amide bonds. The molecule has 1 aliphatic rings. The topological polar surface area (TPSA) is 28.5 Å². The fourth-order valence-electron chi connectivity index (χ4n) is 5.73. The Morgan fingerprint density at radius 1 is 0.860 bits per heavy atom. The van der Waals surface area contributed by atoms with E-state index in [4.69, 9.17) is 4.98 Å². The highest BCUT2D eigenvalue weighted by atomic mass is 15.1. The van der Waals surface area contributed by atoms with E-state index in [0.717, 1.165) is 28.9 Å². The summed E-state index contributed by atoms with van der Waals surface area (Å²) in [6.45, 7) is 5.68. The van der Waals surface area contributed by atoms with Crippen molar-refractivity contribution in [2.45, 2.75) is 19.3 Å². The molecule has 1 aliphatic carbocycles. The molecule has 210 valence electrons. The van der Waals surface area contributed by atoms with Crippen LogP contribution in [0, 0.1) is 0 Å². The van der Waals surface area contributed by atoms with E-state index in [9.17, 15) is 0 Å². The minimum Gasteiger partial charge on any atom is -0.348 e. The van der Waals surface area contributed by atoms with E-state index < -0.39 is 0 Å². The van der Waals surface area contributed by atoms with Gasteiger partial charge in [0.1, 0.15) is 0 Å². The molecule has 0 aliphatic heterocycles. The molecule has 43 heavy (non-hydrogen) atoms. The highest BCUT2D eigenvalue weighted by molar-refractivity contribution is 5.92. The molecule has 5 aromatic rings. The van der Waals surface area contributed by atoms with Crippen molar-refractivity contribution in [1.29, 1.82) is 0 Å². The molecule has 1 unspecified atom stereocenters. The SMILES string of the molecule is C=N/C(=C\C=C/C)c1ccc(-c2ccc3cc(C4=C(N(C)c5ccccc5)CC(c5ccccc5)C=C4)ccc3c2)nc1. The number of hydrogen-bond donors (Lipinski definition) is 0. The Balaban J connectivity index is 1.34. The van der Waals surface area contributed by atoms with Crippen LogP contribution in [0.1, 0.15) is 36.0 Å². The Hall–Kier alpha value is -5.28. The Bertz CT molecular complexity index is 1860. The predicted molar refractivity (Wildman–Crippen MR) is 184 cm³/mol. The second kappa shape index (κ2) is 12.7. The van der Waals surface area contributed by atoms with Gasteiger partial charge in [0.2, 0.25) is 0 Å². The lowest BCUT2D eigenvalue weighted by Gasteiger charge is -2.31. The van der Waals surface area contributed by atoms with Crippen molar-refractivity contribution in [3.05, 3.63) is 168 Å². The number of aromatic nitrogens is 1. The lowest BCUT2D eigenvalue weighted by molar-refractivity contribution is 0.789. The van der Waals surface area contributed by atoms with Gasteiger partial charge < -0.3 is 4.90 Å². The number of aliphatic imine (C=N–C) groups is 1. The van der Waals surface area contributed by atoms with Crippen LogP contribution >= 0.6 is 0 Å². The van der Waals surface area contributed by atoms with E-state index in [1.165, 1.54) is 38.9 Å². The average molecular weight is 558 g/mol. The molecule has 3 heteroatoms. The Morgan fingerprint density at radius 3 is 2.23 bits per heavy atom. The third kappa shape index (κ3) is 6.02. The molecular formula is C40H35N3. The van der Waals surface area contributed by atoms with Crippen molar-refractivity contribution in [2.24, 2.45) is 4.99 Å². The van der Waals surface area contributed by atoms with Crippen LogP contribution in [0.25, 0.3) is 33.3 Å². The van der Waals surface area contributed by atoms with Crippen LogP contribution < -0.4 is 4.90 Å². The fourth-order valence-corrected chi connectivity index (χ4v) is 5.73. The number of rotatable bonds is 8. The Morgan fingerprint density at radius 2 is 1.56 bits per heavy atom. The molecular weight excluding hydrogens is 522 g/mol. The first kappa shape index (κ1) is 27.9.